The summed E-state index contributed by atoms with van der Waals surface area (Å²) in [7, 11) is 0. The number of hydrogen-bond donors (Lipinski definition) is 1. The van der Waals surface area contributed by atoms with E-state index in [1.165, 1.54) is 13.0 Å². The van der Waals surface area contributed by atoms with Gasteiger partial charge >= 0.3 is 5.97 Å². The number of esters is 1. The molecule has 13 heavy (non-hydrogen) atoms. The van der Waals surface area contributed by atoms with Crippen molar-refractivity contribution in [3.8, 4) is 0 Å². The minimum absolute atomic E-state index is 0.264. The molecular formula is C8H14O3S2. The summed E-state index contributed by atoms with van der Waals surface area (Å²) in [6, 6.07) is 0. The van der Waals surface area contributed by atoms with Gasteiger partial charge in [-0.25, -0.2) is 0 Å². The standard InChI is InChI=1S/C5H8O2.C3H6OS2/c1-3-4-7-5(2)6;1-2-4-3(5)6/h3H,1,4H2,2H3;2H2,1H3,(H,5,6). The molecule has 0 aromatic heterocycles. The van der Waals surface area contributed by atoms with Crippen molar-refractivity contribution < 1.29 is 14.3 Å². The lowest BCUT2D eigenvalue weighted by molar-refractivity contribution is -0.139. The molecule has 0 fully saturated rings. The van der Waals surface area contributed by atoms with Crippen molar-refractivity contribution in [1.29, 1.82) is 0 Å². The molecule has 0 radical (unpaired) electrons. The molecule has 0 spiro atoms. The highest BCUT2D eigenvalue weighted by atomic mass is 32.1. The van der Waals surface area contributed by atoms with Crippen molar-refractivity contribution in [1.82, 2.24) is 0 Å². The summed E-state index contributed by atoms with van der Waals surface area (Å²) >= 11 is 8.12. The first-order valence-electron chi connectivity index (χ1n) is 3.64. The highest BCUT2D eigenvalue weighted by Crippen LogP contribution is 1.83. The molecule has 76 valence electrons. The van der Waals surface area contributed by atoms with E-state index in [0.29, 0.717) is 17.6 Å². The van der Waals surface area contributed by atoms with Gasteiger partial charge in [0.15, 0.2) is 0 Å². The van der Waals surface area contributed by atoms with Gasteiger partial charge in [-0.3, -0.25) is 4.79 Å². The lowest BCUT2D eigenvalue weighted by Crippen LogP contribution is -1.96. The van der Waals surface area contributed by atoms with Gasteiger partial charge in [0, 0.05) is 6.92 Å². The van der Waals surface area contributed by atoms with Crippen molar-refractivity contribution in [2.45, 2.75) is 13.8 Å². The predicted molar refractivity (Wildman–Crippen MR) is 60.0 cm³/mol. The highest BCUT2D eigenvalue weighted by Gasteiger charge is 1.83. The number of rotatable bonds is 3. The Morgan fingerprint density at radius 3 is 2.23 bits per heavy atom. The van der Waals surface area contributed by atoms with Crippen LogP contribution in [0.2, 0.25) is 0 Å². The predicted octanol–water partition coefficient (Wildman–Crippen LogP) is 1.97. The first-order chi connectivity index (χ1) is 6.04. The van der Waals surface area contributed by atoms with E-state index in [2.05, 4.69) is 40.9 Å². The van der Waals surface area contributed by atoms with Gasteiger partial charge in [0.05, 0.1) is 6.61 Å². The third kappa shape index (κ3) is 24.6. The van der Waals surface area contributed by atoms with Crippen molar-refractivity contribution in [2.24, 2.45) is 0 Å². The summed E-state index contributed by atoms with van der Waals surface area (Å²) in [6.07, 6.45) is 1.53. The molecule has 0 bridgehead atoms. The summed E-state index contributed by atoms with van der Waals surface area (Å²) in [5, 5.41) is 0. The van der Waals surface area contributed by atoms with E-state index < -0.39 is 0 Å². The normalized spacial score (nSPS) is 7.62. The van der Waals surface area contributed by atoms with Gasteiger partial charge in [0.2, 0.25) is 4.38 Å². The molecule has 0 aliphatic rings. The molecule has 0 atom stereocenters. The molecule has 0 rings (SSSR count). The SMILES string of the molecule is C=CCOC(C)=O.CCOC(=S)S. The average molecular weight is 222 g/mol. The third-order valence-electron chi connectivity index (χ3n) is 0.672. The van der Waals surface area contributed by atoms with Gasteiger partial charge < -0.3 is 9.47 Å². The van der Waals surface area contributed by atoms with Gasteiger partial charge in [-0.2, -0.15) is 0 Å². The zero-order valence-corrected chi connectivity index (χ0v) is 9.49. The number of thiol groups is 1. The molecule has 3 nitrogen and oxygen atoms in total. The van der Waals surface area contributed by atoms with Gasteiger partial charge in [-0.1, -0.05) is 25.3 Å². The molecular weight excluding hydrogens is 208 g/mol. The van der Waals surface area contributed by atoms with Gasteiger partial charge in [0.1, 0.15) is 6.61 Å². The minimum atomic E-state index is -0.264. The molecule has 0 aliphatic heterocycles. The highest BCUT2D eigenvalue weighted by molar-refractivity contribution is 8.10. The minimum Gasteiger partial charge on any atom is -0.479 e. The lowest BCUT2D eigenvalue weighted by atomic mass is 10.7. The van der Waals surface area contributed by atoms with Crippen LogP contribution in [0.4, 0.5) is 0 Å². The van der Waals surface area contributed by atoms with Crippen molar-refractivity contribution in [2.75, 3.05) is 13.2 Å². The zero-order chi connectivity index (χ0) is 10.7. The smallest absolute Gasteiger partial charge is 0.302 e. The Morgan fingerprint density at radius 2 is 2.15 bits per heavy atom. The summed E-state index contributed by atoms with van der Waals surface area (Å²) < 4.78 is 9.39. The summed E-state index contributed by atoms with van der Waals surface area (Å²) in [5.74, 6) is -0.264. The fourth-order valence-corrected chi connectivity index (χ4v) is 0.547. The van der Waals surface area contributed by atoms with Crippen LogP contribution in [0.5, 0.6) is 0 Å². The fourth-order valence-electron chi connectivity index (χ4n) is 0.300. The molecule has 0 saturated carbocycles. The maximum atomic E-state index is 9.93. The van der Waals surface area contributed by atoms with Crippen LogP contribution in [-0.4, -0.2) is 23.6 Å². The Balaban J connectivity index is 0. The van der Waals surface area contributed by atoms with Crippen LogP contribution in [0.3, 0.4) is 0 Å². The Bertz CT molecular complexity index is 169. The fraction of sp³-hybridized carbons (Fsp3) is 0.500. The Labute approximate surface area is 89.5 Å². The maximum absolute atomic E-state index is 9.93. The van der Waals surface area contributed by atoms with E-state index in [9.17, 15) is 4.79 Å². The van der Waals surface area contributed by atoms with Gasteiger partial charge in [-0.05, 0) is 19.1 Å². The number of ether oxygens (including phenoxy) is 2. The number of thiocarbonyl (C=S) groups is 1. The average Bonchev–Trinajstić information content (AvgIpc) is 2.01. The van der Waals surface area contributed by atoms with E-state index in [1.54, 1.807) is 0 Å². The molecule has 0 N–H and O–H groups in total. The molecule has 0 amide bonds. The first kappa shape index (κ1) is 14.9. The van der Waals surface area contributed by atoms with Crippen LogP contribution in [0, 0.1) is 0 Å². The summed E-state index contributed by atoms with van der Waals surface area (Å²) in [5.41, 5.74) is 0. The second-order valence-corrected chi connectivity index (χ2v) is 2.87. The Hall–Kier alpha value is -0.550. The number of hydrogen-bond acceptors (Lipinski definition) is 4. The van der Waals surface area contributed by atoms with Crippen LogP contribution >= 0.6 is 24.8 Å². The largest absolute Gasteiger partial charge is 0.479 e. The molecule has 0 aromatic carbocycles. The van der Waals surface area contributed by atoms with Crippen molar-refractivity contribution in [3.05, 3.63) is 12.7 Å². The molecule has 0 aromatic rings. The topological polar surface area (TPSA) is 35.5 Å². The molecule has 0 unspecified atom stereocenters. The summed E-state index contributed by atoms with van der Waals surface area (Å²) in [4.78, 5) is 9.93. The third-order valence-corrected chi connectivity index (χ3v) is 0.919. The Morgan fingerprint density at radius 1 is 1.62 bits per heavy atom. The van der Waals surface area contributed by atoms with Gasteiger partial charge in [0.25, 0.3) is 0 Å². The summed E-state index contributed by atoms with van der Waals surface area (Å²) in [6.45, 7) is 7.51. The van der Waals surface area contributed by atoms with E-state index in [1.807, 2.05) is 6.92 Å². The second-order valence-electron chi connectivity index (χ2n) is 1.79. The van der Waals surface area contributed by atoms with Crippen molar-refractivity contribution in [3.63, 3.8) is 0 Å². The van der Waals surface area contributed by atoms with Crippen molar-refractivity contribution >= 4 is 35.2 Å². The Kier molecular flexibility index (Phi) is 13.2. The second kappa shape index (κ2) is 11.4. The van der Waals surface area contributed by atoms with E-state index in [4.69, 9.17) is 0 Å². The lowest BCUT2D eigenvalue weighted by Gasteiger charge is -1.92. The van der Waals surface area contributed by atoms with E-state index in [-0.39, 0.29) is 5.97 Å². The molecule has 0 aliphatic carbocycles. The quantitative estimate of drug-likeness (QED) is 0.343. The zero-order valence-electron chi connectivity index (χ0n) is 7.78. The number of carbonyl (C=O) groups excluding carboxylic acids is 1. The van der Waals surface area contributed by atoms with E-state index >= 15 is 0 Å². The van der Waals surface area contributed by atoms with Crippen LogP contribution in [-0.2, 0) is 14.3 Å². The van der Waals surface area contributed by atoms with Crippen LogP contribution < -0.4 is 0 Å². The number of carbonyl (C=O) groups is 1. The maximum Gasteiger partial charge on any atom is 0.302 e. The monoisotopic (exact) mass is 222 g/mol. The van der Waals surface area contributed by atoms with Crippen LogP contribution in [0.15, 0.2) is 12.7 Å². The molecule has 5 heteroatoms. The van der Waals surface area contributed by atoms with Crippen LogP contribution in [0.1, 0.15) is 13.8 Å². The van der Waals surface area contributed by atoms with E-state index in [0.717, 1.165) is 0 Å². The first-order valence-corrected chi connectivity index (χ1v) is 4.50. The molecule has 0 heterocycles. The van der Waals surface area contributed by atoms with Gasteiger partial charge in [-0.15, -0.1) is 0 Å². The van der Waals surface area contributed by atoms with Crippen LogP contribution in [0.25, 0.3) is 0 Å². The molecule has 0 saturated heterocycles.